The van der Waals surface area contributed by atoms with Gasteiger partial charge >= 0.3 is 5.97 Å². The summed E-state index contributed by atoms with van der Waals surface area (Å²) in [5, 5.41) is 22.2. The number of hydrazone groups is 1. The molecule has 1 aromatic carbocycles. The number of furan rings is 1. The highest BCUT2D eigenvalue weighted by atomic mass is 32.3. The molecule has 1 aromatic heterocycles. The van der Waals surface area contributed by atoms with Crippen molar-refractivity contribution >= 4 is 54.9 Å². The molecule has 0 spiro atoms. The monoisotopic (exact) mass is 444 g/mol. The van der Waals surface area contributed by atoms with E-state index in [0.29, 0.717) is 23.1 Å². The van der Waals surface area contributed by atoms with E-state index in [-0.39, 0.29) is 32.3 Å². The zero-order valence-corrected chi connectivity index (χ0v) is 16.8. The minimum Gasteiger partial charge on any atom is -0.478 e. The maximum atomic E-state index is 12.4. The third kappa shape index (κ3) is 3.57. The molecule has 0 saturated carbocycles. The van der Waals surface area contributed by atoms with Gasteiger partial charge in [-0.15, -0.1) is 5.10 Å². The van der Waals surface area contributed by atoms with Crippen LogP contribution in [0.5, 0.6) is 0 Å². The Morgan fingerprint density at radius 2 is 2.07 bits per heavy atom. The normalized spacial score (nSPS) is 17.8. The van der Waals surface area contributed by atoms with Gasteiger partial charge in [0.05, 0.1) is 11.1 Å². The smallest absolute Gasteiger partial charge is 0.335 e. The first kappa shape index (κ1) is 19.8. The average Bonchev–Trinajstić information content (AvgIpc) is 3.32. The van der Waals surface area contributed by atoms with E-state index in [9.17, 15) is 18.0 Å². The second-order valence-electron chi connectivity index (χ2n) is 6.25. The predicted molar refractivity (Wildman–Crippen MR) is 111 cm³/mol. The lowest BCUT2D eigenvalue weighted by atomic mass is 10.1. The van der Waals surface area contributed by atoms with Crippen molar-refractivity contribution in [3.8, 4) is 11.3 Å². The number of fused-ring (bicyclic) bond motifs is 1. The summed E-state index contributed by atoms with van der Waals surface area (Å²) in [6, 6.07) is 9.32. The number of hydrogen-bond acceptors (Lipinski definition) is 8. The SMILES string of the molecule is CS(=O)(=O)C1=NN2C(=N)/C(=C/c3ccc(-c4cccc(C(=O)O)c4)o3)C(=O)N=C2S1. The van der Waals surface area contributed by atoms with Gasteiger partial charge in [0.15, 0.2) is 5.84 Å². The molecule has 152 valence electrons. The molecule has 0 radical (unpaired) electrons. The summed E-state index contributed by atoms with van der Waals surface area (Å²) in [6.45, 7) is 0. The molecule has 0 unspecified atom stereocenters. The van der Waals surface area contributed by atoms with Crippen LogP contribution in [0, 0.1) is 5.41 Å². The van der Waals surface area contributed by atoms with Gasteiger partial charge in [0.2, 0.25) is 19.4 Å². The minimum atomic E-state index is -3.61. The zero-order chi connectivity index (χ0) is 21.6. The van der Waals surface area contributed by atoms with E-state index < -0.39 is 21.7 Å². The molecule has 12 heteroatoms. The number of sulfone groups is 1. The highest BCUT2D eigenvalue weighted by Crippen LogP contribution is 2.31. The molecule has 0 aliphatic carbocycles. The molecule has 0 bridgehead atoms. The molecular weight excluding hydrogens is 432 g/mol. The van der Waals surface area contributed by atoms with Crippen LogP contribution in [0.4, 0.5) is 0 Å². The van der Waals surface area contributed by atoms with Gasteiger partial charge in [-0.1, -0.05) is 12.1 Å². The third-order valence-electron chi connectivity index (χ3n) is 4.06. The van der Waals surface area contributed by atoms with Gasteiger partial charge in [-0.3, -0.25) is 10.2 Å². The van der Waals surface area contributed by atoms with Crippen molar-refractivity contribution in [1.82, 2.24) is 5.01 Å². The number of carboxylic acid groups (broad SMARTS) is 1. The van der Waals surface area contributed by atoms with E-state index in [4.69, 9.17) is 14.9 Å². The number of amides is 1. The van der Waals surface area contributed by atoms with Gasteiger partial charge < -0.3 is 9.52 Å². The van der Waals surface area contributed by atoms with Crippen molar-refractivity contribution in [2.75, 3.05) is 6.26 Å². The first-order valence-corrected chi connectivity index (χ1v) is 11.0. The number of rotatable bonds is 3. The molecule has 0 saturated heterocycles. The Kier molecular flexibility index (Phi) is 4.67. The van der Waals surface area contributed by atoms with Crippen LogP contribution in [0.2, 0.25) is 0 Å². The Labute approximate surface area is 174 Å². The van der Waals surface area contributed by atoms with Crippen LogP contribution in [-0.4, -0.2) is 52.0 Å². The number of thioether (sulfide) groups is 1. The number of benzene rings is 1. The topological polar surface area (TPSA) is 153 Å². The molecule has 3 heterocycles. The highest BCUT2D eigenvalue weighted by Gasteiger charge is 2.38. The van der Waals surface area contributed by atoms with E-state index in [0.717, 1.165) is 11.3 Å². The van der Waals surface area contributed by atoms with Gasteiger partial charge in [0.25, 0.3) is 5.91 Å². The summed E-state index contributed by atoms with van der Waals surface area (Å²) in [6.07, 6.45) is 2.28. The van der Waals surface area contributed by atoms with Crippen LogP contribution in [0.3, 0.4) is 0 Å². The van der Waals surface area contributed by atoms with Crippen LogP contribution in [-0.2, 0) is 14.6 Å². The number of aromatic carboxylic acids is 1. The highest BCUT2D eigenvalue weighted by molar-refractivity contribution is 8.42. The molecule has 0 fully saturated rings. The molecule has 0 atom stereocenters. The predicted octanol–water partition coefficient (Wildman–Crippen LogP) is 2.27. The van der Waals surface area contributed by atoms with Gasteiger partial charge in [0.1, 0.15) is 11.5 Å². The maximum absolute atomic E-state index is 12.4. The Morgan fingerprint density at radius 3 is 2.77 bits per heavy atom. The number of amidine groups is 2. The van der Waals surface area contributed by atoms with Gasteiger partial charge in [-0.2, -0.15) is 10.0 Å². The first-order chi connectivity index (χ1) is 14.1. The van der Waals surface area contributed by atoms with Crippen molar-refractivity contribution in [3.05, 3.63) is 53.3 Å². The van der Waals surface area contributed by atoms with Gasteiger partial charge in [-0.05, 0) is 42.1 Å². The summed E-state index contributed by atoms with van der Waals surface area (Å²) >= 11 is 0.700. The van der Waals surface area contributed by atoms with Crippen molar-refractivity contribution in [3.63, 3.8) is 0 Å². The Balaban J connectivity index is 1.66. The molecule has 2 aliphatic rings. The summed E-state index contributed by atoms with van der Waals surface area (Å²) in [7, 11) is -3.61. The fourth-order valence-corrected chi connectivity index (χ4v) is 4.34. The van der Waals surface area contributed by atoms with Crippen LogP contribution < -0.4 is 0 Å². The van der Waals surface area contributed by atoms with E-state index in [1.807, 2.05) is 0 Å². The Hall–Kier alpha value is -3.51. The number of hydrogen-bond donors (Lipinski definition) is 2. The number of carbonyl (C=O) groups is 2. The van der Waals surface area contributed by atoms with Crippen LogP contribution in [0.15, 0.2) is 56.5 Å². The quantitative estimate of drug-likeness (QED) is 0.684. The lowest BCUT2D eigenvalue weighted by molar-refractivity contribution is -0.114. The van der Waals surface area contributed by atoms with Crippen LogP contribution >= 0.6 is 11.8 Å². The molecule has 2 aliphatic heterocycles. The molecule has 4 rings (SSSR count). The van der Waals surface area contributed by atoms with Crippen molar-refractivity contribution in [2.24, 2.45) is 10.1 Å². The molecule has 2 aromatic rings. The van der Waals surface area contributed by atoms with E-state index in [1.54, 1.807) is 24.3 Å². The van der Waals surface area contributed by atoms with Gasteiger partial charge in [0, 0.05) is 11.8 Å². The second-order valence-corrected chi connectivity index (χ2v) is 9.39. The Bertz CT molecular complexity index is 1320. The molecule has 2 N–H and O–H groups in total. The molecule has 10 nitrogen and oxygen atoms in total. The number of nitrogens with one attached hydrogen (secondary N) is 1. The molecule has 30 heavy (non-hydrogen) atoms. The standard InChI is InChI=1S/C18H12N4O6S2/c1-30(26,27)18-21-22-14(19)12(15(23)20-17(22)29-18)8-11-5-6-13(28-11)9-3-2-4-10(7-9)16(24)25/h2-8,19H,1H3,(H,24,25)/b12-8-,19-14?. The summed E-state index contributed by atoms with van der Waals surface area (Å²) in [4.78, 5) is 27.3. The third-order valence-corrected chi connectivity index (χ3v) is 6.64. The van der Waals surface area contributed by atoms with Crippen molar-refractivity contribution in [1.29, 1.82) is 5.41 Å². The number of nitrogens with zero attached hydrogens (tertiary/aromatic N) is 3. The molecule has 1 amide bonds. The largest absolute Gasteiger partial charge is 0.478 e. The fraction of sp³-hybridized carbons (Fsp3) is 0.0556. The Morgan fingerprint density at radius 1 is 1.30 bits per heavy atom. The van der Waals surface area contributed by atoms with E-state index in [2.05, 4.69) is 10.1 Å². The summed E-state index contributed by atoms with van der Waals surface area (Å²) in [5.74, 6) is -1.52. The van der Waals surface area contributed by atoms with Crippen LogP contribution in [0.25, 0.3) is 17.4 Å². The number of carbonyl (C=O) groups excluding carboxylic acids is 1. The maximum Gasteiger partial charge on any atom is 0.335 e. The molecular formula is C18H12N4O6S2. The fourth-order valence-electron chi connectivity index (χ4n) is 2.66. The van der Waals surface area contributed by atoms with Crippen LogP contribution in [0.1, 0.15) is 16.1 Å². The lowest BCUT2D eigenvalue weighted by Gasteiger charge is -2.19. The van der Waals surface area contributed by atoms with Crippen molar-refractivity contribution in [2.45, 2.75) is 0 Å². The zero-order valence-electron chi connectivity index (χ0n) is 15.2. The first-order valence-electron chi connectivity index (χ1n) is 8.27. The minimum absolute atomic E-state index is 0.00630. The summed E-state index contributed by atoms with van der Waals surface area (Å²) < 4.78 is 28.8. The lowest BCUT2D eigenvalue weighted by Crippen LogP contribution is -2.35. The van der Waals surface area contributed by atoms with Gasteiger partial charge in [-0.25, -0.2) is 13.2 Å². The summed E-state index contributed by atoms with van der Waals surface area (Å²) in [5.41, 5.74) is 0.502. The number of carboxylic acids is 1. The van der Waals surface area contributed by atoms with E-state index in [1.165, 1.54) is 18.2 Å². The van der Waals surface area contributed by atoms with E-state index >= 15 is 0 Å². The average molecular weight is 444 g/mol. The second kappa shape index (κ2) is 7.07. The number of aliphatic imine (C=N–C) groups is 1. The van der Waals surface area contributed by atoms with Crippen molar-refractivity contribution < 1.29 is 27.5 Å².